The van der Waals surface area contributed by atoms with Crippen LogP contribution in [0.5, 0.6) is 11.5 Å². The van der Waals surface area contributed by atoms with E-state index >= 15 is 0 Å². The maximum absolute atomic E-state index is 13.7. The Morgan fingerprint density at radius 2 is 1.77 bits per heavy atom. The summed E-state index contributed by atoms with van der Waals surface area (Å²) in [6, 6.07) is 20.5. The molecule has 3 aromatic carbocycles. The van der Waals surface area contributed by atoms with E-state index in [0.29, 0.717) is 17.9 Å². The van der Waals surface area contributed by atoms with E-state index in [-0.39, 0.29) is 12.4 Å². The van der Waals surface area contributed by atoms with Gasteiger partial charge in [0.2, 0.25) is 0 Å². The van der Waals surface area contributed by atoms with E-state index in [2.05, 4.69) is 28.7 Å². The van der Waals surface area contributed by atoms with E-state index in [1.165, 1.54) is 17.6 Å². The van der Waals surface area contributed by atoms with Crippen LogP contribution in [0.1, 0.15) is 30.9 Å². The Morgan fingerprint density at radius 1 is 0.968 bits per heavy atom. The van der Waals surface area contributed by atoms with Gasteiger partial charge in [0.15, 0.2) is 0 Å². The third-order valence-corrected chi connectivity index (χ3v) is 5.77. The molecule has 0 bridgehead atoms. The monoisotopic (exact) mass is 436 g/mol. The third kappa shape index (κ3) is 5.52. The fourth-order valence-electron chi connectivity index (χ4n) is 3.14. The summed E-state index contributed by atoms with van der Waals surface area (Å²) in [5.41, 5.74) is 1.65. The van der Waals surface area contributed by atoms with Gasteiger partial charge >= 0.3 is 0 Å². The molecule has 31 heavy (non-hydrogen) atoms. The molecule has 0 aliphatic carbocycles. The van der Waals surface area contributed by atoms with Crippen molar-refractivity contribution in [2.75, 3.05) is 11.9 Å². The molecule has 160 valence electrons. The minimum Gasteiger partial charge on any atom is -0.494 e. The second-order valence-electron chi connectivity index (χ2n) is 7.27. The Kier molecular flexibility index (Phi) is 6.99. The van der Waals surface area contributed by atoms with Crippen LogP contribution in [0.2, 0.25) is 0 Å². The molecule has 1 heterocycles. The first-order chi connectivity index (χ1) is 15.2. The van der Waals surface area contributed by atoms with Crippen molar-refractivity contribution in [3.8, 4) is 11.5 Å². The van der Waals surface area contributed by atoms with Gasteiger partial charge in [-0.3, -0.25) is 0 Å². The number of nitrogens with one attached hydrogen (secondary N) is 1. The number of benzene rings is 3. The minimum atomic E-state index is -0.252. The van der Waals surface area contributed by atoms with Crippen LogP contribution >= 0.6 is 11.5 Å². The van der Waals surface area contributed by atoms with E-state index in [4.69, 9.17) is 9.47 Å². The van der Waals surface area contributed by atoms with Crippen molar-refractivity contribution in [3.05, 3.63) is 83.7 Å². The van der Waals surface area contributed by atoms with Crippen LogP contribution in [0.4, 0.5) is 10.2 Å². The molecule has 0 aliphatic heterocycles. The Hall–Kier alpha value is -3.12. The van der Waals surface area contributed by atoms with Crippen LogP contribution in [0.25, 0.3) is 10.1 Å². The van der Waals surface area contributed by atoms with E-state index in [1.54, 1.807) is 18.2 Å². The van der Waals surface area contributed by atoms with Gasteiger partial charge in [-0.05, 0) is 59.9 Å². The lowest BCUT2D eigenvalue weighted by atomic mass is 10.2. The van der Waals surface area contributed by atoms with Crippen LogP contribution < -0.4 is 14.8 Å². The van der Waals surface area contributed by atoms with Gasteiger partial charge in [-0.2, -0.15) is 4.37 Å². The van der Waals surface area contributed by atoms with Gasteiger partial charge in [0, 0.05) is 17.5 Å². The average molecular weight is 437 g/mol. The summed E-state index contributed by atoms with van der Waals surface area (Å²) in [5.74, 6) is 2.19. The number of aromatic nitrogens is 1. The summed E-state index contributed by atoms with van der Waals surface area (Å²) in [4.78, 5) is 0. The standard InChI is InChI=1S/C25H25FN2O2S/c1-2-3-14-29-21-12-13-24-22(15-21)25(28-31-24)27-16-18-8-10-20(11-9-18)30-17-19-6-4-5-7-23(19)26/h4-13,15H,2-3,14,16-17H2,1H3,(H,27,28). The molecule has 0 aliphatic rings. The normalized spacial score (nSPS) is 10.9. The number of anilines is 1. The lowest BCUT2D eigenvalue weighted by Gasteiger charge is -2.09. The summed E-state index contributed by atoms with van der Waals surface area (Å²) in [6.07, 6.45) is 2.16. The molecule has 4 aromatic rings. The van der Waals surface area contributed by atoms with E-state index in [9.17, 15) is 4.39 Å². The quantitative estimate of drug-likeness (QED) is 0.278. The summed E-state index contributed by atoms with van der Waals surface area (Å²) in [6.45, 7) is 3.73. The molecular formula is C25H25FN2O2S. The number of fused-ring (bicyclic) bond motifs is 1. The second kappa shape index (κ2) is 10.3. The van der Waals surface area contributed by atoms with Gasteiger partial charge < -0.3 is 14.8 Å². The fraction of sp³-hybridized carbons (Fsp3) is 0.240. The van der Waals surface area contributed by atoms with Gasteiger partial charge in [-0.25, -0.2) is 4.39 Å². The number of hydrogen-bond donors (Lipinski definition) is 1. The Balaban J connectivity index is 1.35. The largest absolute Gasteiger partial charge is 0.494 e. The van der Waals surface area contributed by atoms with Crippen LogP contribution in [-0.4, -0.2) is 11.0 Å². The first kappa shape index (κ1) is 21.1. The second-order valence-corrected chi connectivity index (χ2v) is 8.07. The highest BCUT2D eigenvalue weighted by atomic mass is 32.1. The Labute approximate surface area is 185 Å². The lowest BCUT2D eigenvalue weighted by Crippen LogP contribution is -2.01. The predicted molar refractivity (Wildman–Crippen MR) is 125 cm³/mol. The highest BCUT2D eigenvalue weighted by Crippen LogP contribution is 2.30. The maximum Gasteiger partial charge on any atom is 0.147 e. The molecule has 0 amide bonds. The maximum atomic E-state index is 13.7. The summed E-state index contributed by atoms with van der Waals surface area (Å²) >= 11 is 1.48. The zero-order chi connectivity index (χ0) is 21.5. The zero-order valence-electron chi connectivity index (χ0n) is 17.4. The molecule has 1 N–H and O–H groups in total. The lowest BCUT2D eigenvalue weighted by molar-refractivity contribution is 0.300. The van der Waals surface area contributed by atoms with Crippen molar-refractivity contribution >= 4 is 27.4 Å². The molecular weight excluding hydrogens is 411 g/mol. The van der Waals surface area contributed by atoms with Crippen molar-refractivity contribution in [3.63, 3.8) is 0 Å². The molecule has 0 saturated carbocycles. The Bertz CT molecular complexity index is 1130. The van der Waals surface area contributed by atoms with Crippen molar-refractivity contribution in [2.24, 2.45) is 0 Å². The van der Waals surface area contributed by atoms with Crippen molar-refractivity contribution < 1.29 is 13.9 Å². The van der Waals surface area contributed by atoms with Gasteiger partial charge in [-0.1, -0.05) is 43.7 Å². The van der Waals surface area contributed by atoms with Gasteiger partial charge in [0.1, 0.15) is 29.7 Å². The van der Waals surface area contributed by atoms with Crippen molar-refractivity contribution in [1.82, 2.24) is 4.37 Å². The van der Waals surface area contributed by atoms with Crippen LogP contribution in [0.15, 0.2) is 66.7 Å². The molecule has 0 atom stereocenters. The number of rotatable bonds is 10. The minimum absolute atomic E-state index is 0.206. The summed E-state index contributed by atoms with van der Waals surface area (Å²) < 4.78 is 30.9. The van der Waals surface area contributed by atoms with Crippen LogP contribution in [0.3, 0.4) is 0 Å². The average Bonchev–Trinajstić information content (AvgIpc) is 3.20. The molecule has 6 heteroatoms. The summed E-state index contributed by atoms with van der Waals surface area (Å²) in [7, 11) is 0. The molecule has 4 nitrogen and oxygen atoms in total. The fourth-order valence-corrected chi connectivity index (χ4v) is 3.87. The van der Waals surface area contributed by atoms with Gasteiger partial charge in [-0.15, -0.1) is 0 Å². The summed E-state index contributed by atoms with van der Waals surface area (Å²) in [5, 5.41) is 4.49. The molecule has 0 saturated heterocycles. The zero-order valence-corrected chi connectivity index (χ0v) is 18.3. The van der Waals surface area contributed by atoms with Crippen LogP contribution in [-0.2, 0) is 13.2 Å². The first-order valence-electron chi connectivity index (χ1n) is 10.4. The van der Waals surface area contributed by atoms with Crippen LogP contribution in [0, 0.1) is 5.82 Å². The van der Waals surface area contributed by atoms with E-state index < -0.39 is 0 Å². The van der Waals surface area contributed by atoms with E-state index in [1.807, 2.05) is 30.3 Å². The smallest absolute Gasteiger partial charge is 0.147 e. The highest BCUT2D eigenvalue weighted by molar-refractivity contribution is 7.13. The van der Waals surface area contributed by atoms with Gasteiger partial charge in [0.05, 0.1) is 11.3 Å². The number of unbranched alkanes of at least 4 members (excludes halogenated alkanes) is 1. The number of hydrogen-bond acceptors (Lipinski definition) is 5. The SMILES string of the molecule is CCCCOc1ccc2snc(NCc3ccc(OCc4ccccc4F)cc3)c2c1. The first-order valence-corrected chi connectivity index (χ1v) is 11.2. The topological polar surface area (TPSA) is 43.4 Å². The highest BCUT2D eigenvalue weighted by Gasteiger charge is 2.08. The molecule has 0 spiro atoms. The third-order valence-electron chi connectivity index (χ3n) is 4.94. The Morgan fingerprint density at radius 3 is 2.58 bits per heavy atom. The molecule has 1 aromatic heterocycles. The molecule has 4 rings (SSSR count). The number of nitrogens with zero attached hydrogens (tertiary/aromatic N) is 1. The number of ether oxygens (including phenoxy) is 2. The molecule has 0 radical (unpaired) electrons. The van der Waals surface area contributed by atoms with Gasteiger partial charge in [0.25, 0.3) is 0 Å². The van der Waals surface area contributed by atoms with Crippen molar-refractivity contribution in [2.45, 2.75) is 32.9 Å². The predicted octanol–water partition coefficient (Wildman–Crippen LogP) is 6.81. The van der Waals surface area contributed by atoms with E-state index in [0.717, 1.165) is 46.7 Å². The molecule has 0 unspecified atom stereocenters. The van der Waals surface area contributed by atoms with Crippen molar-refractivity contribution in [1.29, 1.82) is 0 Å². The molecule has 0 fully saturated rings. The number of halogens is 1.